The Morgan fingerprint density at radius 1 is 1.05 bits per heavy atom. The van der Waals surface area contributed by atoms with Gasteiger partial charge in [-0.15, -0.1) is 0 Å². The minimum atomic E-state index is -4.62. The summed E-state index contributed by atoms with van der Waals surface area (Å²) in [5, 5.41) is 9.96. The molecule has 1 aliphatic heterocycles. The molecule has 0 saturated heterocycles. The maximum Gasteiger partial charge on any atom is 0.416 e. The Balaban J connectivity index is 1.31. The number of hydrogen-bond donors (Lipinski definition) is 2. The standard InChI is InChI=1S/C28H22F3N7O2/c1-15-12-38(27(40)19-5-18-11-34-36-25(18)32-10-19)24-6-17(3-4-23(15)24)26(39)35-21-7-20(28(29,30)31)8-22(9-21)37-13-16(2)33-14-37/h3-11,13-15H,12H2,1-2H3,(H,35,39)(H,32,34,36). The molecule has 2 aromatic carbocycles. The van der Waals surface area contributed by atoms with Crippen LogP contribution in [0.1, 0.15) is 50.4 Å². The third-order valence-corrected chi connectivity index (χ3v) is 6.87. The fourth-order valence-corrected chi connectivity index (χ4v) is 4.87. The Bertz CT molecular complexity index is 1790. The van der Waals surface area contributed by atoms with E-state index < -0.39 is 17.6 Å². The van der Waals surface area contributed by atoms with Gasteiger partial charge in [0.05, 0.1) is 29.3 Å². The number of carbonyl (C=O) groups is 2. The van der Waals surface area contributed by atoms with Crippen molar-refractivity contribution < 1.29 is 22.8 Å². The Hall–Kier alpha value is -5.00. The summed E-state index contributed by atoms with van der Waals surface area (Å²) in [7, 11) is 0. The first-order valence-corrected chi connectivity index (χ1v) is 12.4. The van der Waals surface area contributed by atoms with Gasteiger partial charge in [-0.2, -0.15) is 18.3 Å². The SMILES string of the molecule is Cc1cn(-c2cc(NC(=O)c3ccc4c(c3)N(C(=O)c3cnc5[nH]ncc5c3)CC4C)cc(C(F)(F)F)c2)cn1. The number of pyridine rings is 1. The average Bonchev–Trinajstić information content (AvgIpc) is 3.65. The Morgan fingerprint density at radius 2 is 1.88 bits per heavy atom. The van der Waals surface area contributed by atoms with Crippen LogP contribution in [0.2, 0.25) is 0 Å². The lowest BCUT2D eigenvalue weighted by molar-refractivity contribution is -0.137. The summed E-state index contributed by atoms with van der Waals surface area (Å²) in [6, 6.07) is 9.97. The Labute approximate surface area is 225 Å². The monoisotopic (exact) mass is 545 g/mol. The minimum Gasteiger partial charge on any atom is -0.322 e. The molecule has 40 heavy (non-hydrogen) atoms. The molecule has 6 rings (SSSR count). The summed E-state index contributed by atoms with van der Waals surface area (Å²) in [6.07, 6.45) is 1.42. The molecule has 4 heterocycles. The van der Waals surface area contributed by atoms with Crippen molar-refractivity contribution in [3.8, 4) is 5.69 Å². The lowest BCUT2D eigenvalue weighted by Gasteiger charge is -2.18. The molecule has 2 N–H and O–H groups in total. The second kappa shape index (κ2) is 9.33. The molecule has 0 spiro atoms. The zero-order chi connectivity index (χ0) is 28.2. The number of H-pyrrole nitrogens is 1. The number of imidazole rings is 1. The van der Waals surface area contributed by atoms with Gasteiger partial charge < -0.3 is 14.8 Å². The van der Waals surface area contributed by atoms with Crippen LogP contribution in [0.25, 0.3) is 16.7 Å². The van der Waals surface area contributed by atoms with Gasteiger partial charge in [0.15, 0.2) is 5.65 Å². The molecule has 3 aromatic heterocycles. The number of benzene rings is 2. The van der Waals surface area contributed by atoms with E-state index in [1.165, 1.54) is 23.2 Å². The van der Waals surface area contributed by atoms with Crippen molar-refractivity contribution >= 4 is 34.2 Å². The van der Waals surface area contributed by atoms with E-state index in [9.17, 15) is 22.8 Å². The fourth-order valence-electron chi connectivity index (χ4n) is 4.87. The quantitative estimate of drug-likeness (QED) is 0.311. The summed E-state index contributed by atoms with van der Waals surface area (Å²) in [5.74, 6) is -0.869. The number of amides is 2. The van der Waals surface area contributed by atoms with E-state index in [2.05, 4.69) is 25.5 Å². The topological polar surface area (TPSA) is 109 Å². The van der Waals surface area contributed by atoms with Crippen molar-refractivity contribution in [2.75, 3.05) is 16.8 Å². The van der Waals surface area contributed by atoms with Crippen LogP contribution in [0.5, 0.6) is 0 Å². The number of hydrogen-bond acceptors (Lipinski definition) is 5. The van der Waals surface area contributed by atoms with Gasteiger partial charge in [0.1, 0.15) is 0 Å². The number of halogens is 3. The van der Waals surface area contributed by atoms with Crippen molar-refractivity contribution in [3.05, 3.63) is 95.3 Å². The number of aryl methyl sites for hydroxylation is 1. The lowest BCUT2D eigenvalue weighted by atomic mass is 10.0. The first-order chi connectivity index (χ1) is 19.1. The molecule has 0 aliphatic carbocycles. The van der Waals surface area contributed by atoms with E-state index in [0.29, 0.717) is 34.5 Å². The lowest BCUT2D eigenvalue weighted by Crippen LogP contribution is -2.29. The molecule has 12 heteroatoms. The third-order valence-electron chi connectivity index (χ3n) is 6.87. The van der Waals surface area contributed by atoms with Crippen molar-refractivity contribution in [3.63, 3.8) is 0 Å². The number of aromatic nitrogens is 5. The number of nitrogens with zero attached hydrogens (tertiary/aromatic N) is 5. The van der Waals surface area contributed by atoms with Crippen LogP contribution in [0, 0.1) is 6.92 Å². The van der Waals surface area contributed by atoms with Gasteiger partial charge in [0.25, 0.3) is 11.8 Å². The van der Waals surface area contributed by atoms with E-state index in [4.69, 9.17) is 0 Å². The molecular formula is C28H22F3N7O2. The molecular weight excluding hydrogens is 523 g/mol. The van der Waals surface area contributed by atoms with Gasteiger partial charge in [-0.1, -0.05) is 13.0 Å². The molecule has 0 fully saturated rings. The predicted molar refractivity (Wildman–Crippen MR) is 142 cm³/mol. The molecule has 1 unspecified atom stereocenters. The van der Waals surface area contributed by atoms with Crippen LogP contribution in [-0.2, 0) is 6.18 Å². The smallest absolute Gasteiger partial charge is 0.322 e. The third kappa shape index (κ3) is 4.57. The van der Waals surface area contributed by atoms with Gasteiger partial charge >= 0.3 is 6.18 Å². The predicted octanol–water partition coefficient (Wildman–Crippen LogP) is 5.49. The highest BCUT2D eigenvalue weighted by Crippen LogP contribution is 2.38. The van der Waals surface area contributed by atoms with Gasteiger partial charge in [-0.25, -0.2) is 9.97 Å². The largest absolute Gasteiger partial charge is 0.416 e. The molecule has 0 radical (unpaired) electrons. The average molecular weight is 546 g/mol. The molecule has 5 aromatic rings. The molecule has 1 aliphatic rings. The van der Waals surface area contributed by atoms with Gasteiger partial charge in [0, 0.05) is 52.9 Å². The molecule has 202 valence electrons. The second-order valence-corrected chi connectivity index (χ2v) is 9.76. The number of aromatic amines is 1. The highest BCUT2D eigenvalue weighted by molar-refractivity contribution is 6.10. The maximum atomic E-state index is 13.7. The summed E-state index contributed by atoms with van der Waals surface area (Å²) >= 11 is 0. The maximum absolute atomic E-state index is 13.7. The number of fused-ring (bicyclic) bond motifs is 2. The normalized spacial score (nSPS) is 14.9. The van der Waals surface area contributed by atoms with E-state index in [1.54, 1.807) is 48.5 Å². The number of anilines is 2. The highest BCUT2D eigenvalue weighted by Gasteiger charge is 2.33. The van der Waals surface area contributed by atoms with Crippen molar-refractivity contribution in [1.29, 1.82) is 0 Å². The summed E-state index contributed by atoms with van der Waals surface area (Å²) in [6.45, 7) is 4.11. The first kappa shape index (κ1) is 25.3. The van der Waals surface area contributed by atoms with Crippen LogP contribution in [0.3, 0.4) is 0 Å². The van der Waals surface area contributed by atoms with Gasteiger partial charge in [0.2, 0.25) is 0 Å². The fraction of sp³-hybridized carbons (Fsp3) is 0.179. The molecule has 2 amide bonds. The van der Waals surface area contributed by atoms with Crippen molar-refractivity contribution in [2.45, 2.75) is 25.9 Å². The zero-order valence-electron chi connectivity index (χ0n) is 21.3. The van der Waals surface area contributed by atoms with Crippen molar-refractivity contribution in [2.24, 2.45) is 0 Å². The van der Waals surface area contributed by atoms with Gasteiger partial charge in [-0.3, -0.25) is 14.7 Å². The molecule has 0 saturated carbocycles. The van der Waals surface area contributed by atoms with E-state index in [0.717, 1.165) is 17.7 Å². The second-order valence-electron chi connectivity index (χ2n) is 9.76. The Morgan fingerprint density at radius 3 is 2.62 bits per heavy atom. The van der Waals surface area contributed by atoms with Gasteiger partial charge in [-0.05, 0) is 48.9 Å². The zero-order valence-corrected chi connectivity index (χ0v) is 21.3. The Kier molecular flexibility index (Phi) is 5.90. The minimum absolute atomic E-state index is 0.0198. The first-order valence-electron chi connectivity index (χ1n) is 12.4. The van der Waals surface area contributed by atoms with Crippen LogP contribution < -0.4 is 10.2 Å². The van der Waals surface area contributed by atoms with E-state index in [-0.39, 0.29) is 28.8 Å². The molecule has 0 bridgehead atoms. The van der Waals surface area contributed by atoms with Crippen LogP contribution in [-0.4, -0.2) is 43.1 Å². The van der Waals surface area contributed by atoms with E-state index >= 15 is 0 Å². The number of carbonyl (C=O) groups excluding carboxylic acids is 2. The van der Waals surface area contributed by atoms with E-state index in [1.807, 2.05) is 6.92 Å². The molecule has 1 atom stereocenters. The summed E-state index contributed by atoms with van der Waals surface area (Å²) in [5.41, 5.74) is 2.49. The highest BCUT2D eigenvalue weighted by atomic mass is 19.4. The number of nitrogens with one attached hydrogen (secondary N) is 2. The summed E-state index contributed by atoms with van der Waals surface area (Å²) in [4.78, 5) is 36.6. The van der Waals surface area contributed by atoms with Crippen LogP contribution >= 0.6 is 0 Å². The van der Waals surface area contributed by atoms with Crippen LogP contribution in [0.4, 0.5) is 24.5 Å². The number of alkyl halides is 3. The molecule has 9 nitrogen and oxygen atoms in total. The van der Waals surface area contributed by atoms with Crippen LogP contribution in [0.15, 0.2) is 67.4 Å². The number of rotatable bonds is 4. The summed E-state index contributed by atoms with van der Waals surface area (Å²) < 4.78 is 42.4. The van der Waals surface area contributed by atoms with Crippen molar-refractivity contribution in [1.82, 2.24) is 24.7 Å².